The molecule has 5 rings (SSSR count). The highest BCUT2D eigenvalue weighted by molar-refractivity contribution is 6.36. The van der Waals surface area contributed by atoms with Crippen LogP contribution >= 0.6 is 34.8 Å². The van der Waals surface area contributed by atoms with E-state index in [0.29, 0.717) is 40.6 Å². The Bertz CT molecular complexity index is 1170. The third kappa shape index (κ3) is 5.48. The van der Waals surface area contributed by atoms with Crippen molar-refractivity contribution in [3.63, 3.8) is 0 Å². The molecule has 3 aromatic rings. The minimum absolute atomic E-state index is 0.0508. The summed E-state index contributed by atoms with van der Waals surface area (Å²) in [7, 11) is 0. The number of hydrogen-bond donors (Lipinski definition) is 0. The molecule has 2 aliphatic rings. The number of anilines is 1. The van der Waals surface area contributed by atoms with Gasteiger partial charge >= 0.3 is 0 Å². The Morgan fingerprint density at radius 3 is 2.09 bits per heavy atom. The zero-order valence-corrected chi connectivity index (χ0v) is 21.9. The van der Waals surface area contributed by atoms with Gasteiger partial charge in [0.25, 0.3) is 5.91 Å². The molecule has 1 saturated heterocycles. The first-order chi connectivity index (χ1) is 17.0. The molecule has 6 heteroatoms. The number of nitrogens with zero attached hydrogens (tertiary/aromatic N) is 2. The summed E-state index contributed by atoms with van der Waals surface area (Å²) >= 11 is 18.9. The van der Waals surface area contributed by atoms with Crippen LogP contribution in [0.1, 0.15) is 65.5 Å². The summed E-state index contributed by atoms with van der Waals surface area (Å²) in [6.45, 7) is 1.84. The van der Waals surface area contributed by atoms with Gasteiger partial charge in [0.2, 0.25) is 0 Å². The van der Waals surface area contributed by atoms with Crippen LogP contribution in [0.25, 0.3) is 0 Å². The Labute approximate surface area is 222 Å². The van der Waals surface area contributed by atoms with E-state index in [4.69, 9.17) is 34.8 Å². The van der Waals surface area contributed by atoms with E-state index < -0.39 is 0 Å². The summed E-state index contributed by atoms with van der Waals surface area (Å²) in [6.07, 6.45) is 6.46. The lowest BCUT2D eigenvalue weighted by molar-refractivity contribution is 0.0722. The lowest BCUT2D eigenvalue weighted by atomic mass is 9.84. The molecule has 3 nitrogen and oxygen atoms in total. The molecule has 1 atom stereocenters. The van der Waals surface area contributed by atoms with Crippen LogP contribution in [0.2, 0.25) is 15.1 Å². The molecule has 0 spiro atoms. The molecule has 1 amide bonds. The van der Waals surface area contributed by atoms with Gasteiger partial charge in [0.1, 0.15) is 0 Å². The van der Waals surface area contributed by atoms with Gasteiger partial charge in [0.15, 0.2) is 0 Å². The Morgan fingerprint density at radius 1 is 0.743 bits per heavy atom. The number of hydrogen-bond acceptors (Lipinski definition) is 2. The van der Waals surface area contributed by atoms with E-state index in [2.05, 4.69) is 17.0 Å². The summed E-state index contributed by atoms with van der Waals surface area (Å²) in [5.74, 6) is 0.705. The monoisotopic (exact) mass is 526 g/mol. The van der Waals surface area contributed by atoms with Crippen LogP contribution in [0.4, 0.5) is 5.69 Å². The van der Waals surface area contributed by atoms with Crippen LogP contribution < -0.4 is 4.90 Å². The third-order valence-electron chi connectivity index (χ3n) is 7.38. The number of piperazine rings is 1. The van der Waals surface area contributed by atoms with Gasteiger partial charge in [-0.2, -0.15) is 0 Å². The van der Waals surface area contributed by atoms with E-state index in [1.165, 1.54) is 37.7 Å². The van der Waals surface area contributed by atoms with Crippen LogP contribution in [0, 0.1) is 0 Å². The van der Waals surface area contributed by atoms with Crippen molar-refractivity contribution in [2.24, 2.45) is 0 Å². The zero-order chi connectivity index (χ0) is 24.4. The maximum absolute atomic E-state index is 13.5. The molecule has 1 heterocycles. The Hall–Kier alpha value is -2.20. The van der Waals surface area contributed by atoms with Crippen molar-refractivity contribution in [1.29, 1.82) is 0 Å². The quantitative estimate of drug-likeness (QED) is 0.340. The first-order valence-corrected chi connectivity index (χ1v) is 13.5. The van der Waals surface area contributed by atoms with E-state index in [1.807, 2.05) is 53.4 Å². The number of rotatable bonds is 4. The SMILES string of the molecule is O=C(c1ccc(C2CCCCC2)cc1)N1CCN(c2ccc(Cl)cc2Cl)C(c2ccc(Cl)cc2)C1. The second-order valence-electron chi connectivity index (χ2n) is 9.56. The standard InChI is InChI=1S/C29H29Cl3N2O/c30-24-12-10-22(11-13-24)28-19-33(16-17-34(28)27-15-14-25(31)18-26(27)32)29(35)23-8-6-21(7-9-23)20-4-2-1-3-5-20/h6-15,18,20,28H,1-5,16-17,19H2. The Balaban J connectivity index is 1.38. The second kappa shape index (κ2) is 10.8. The van der Waals surface area contributed by atoms with Crippen LogP contribution in [0.3, 0.4) is 0 Å². The van der Waals surface area contributed by atoms with Crippen molar-refractivity contribution in [3.05, 3.63) is 98.5 Å². The minimum atomic E-state index is -0.0508. The van der Waals surface area contributed by atoms with E-state index in [0.717, 1.165) is 16.8 Å². The van der Waals surface area contributed by atoms with Crippen LogP contribution in [-0.2, 0) is 0 Å². The molecule has 2 fully saturated rings. The summed E-state index contributed by atoms with van der Waals surface area (Å²) < 4.78 is 0. The number of carbonyl (C=O) groups is 1. The minimum Gasteiger partial charge on any atom is -0.360 e. The molecule has 1 unspecified atom stereocenters. The predicted octanol–water partition coefficient (Wildman–Crippen LogP) is 8.40. The van der Waals surface area contributed by atoms with Crippen molar-refractivity contribution >= 4 is 46.4 Å². The molecule has 1 aliphatic carbocycles. The molecule has 3 aromatic carbocycles. The van der Waals surface area contributed by atoms with Gasteiger partial charge in [-0.05, 0) is 72.4 Å². The molecule has 0 N–H and O–H groups in total. The first-order valence-electron chi connectivity index (χ1n) is 12.4. The Morgan fingerprint density at radius 2 is 1.40 bits per heavy atom. The second-order valence-corrected chi connectivity index (χ2v) is 10.8. The highest BCUT2D eigenvalue weighted by Crippen LogP contribution is 2.37. The van der Waals surface area contributed by atoms with Crippen molar-refractivity contribution < 1.29 is 4.79 Å². The van der Waals surface area contributed by atoms with Crippen molar-refractivity contribution in [3.8, 4) is 0 Å². The molecule has 182 valence electrons. The summed E-state index contributed by atoms with van der Waals surface area (Å²) in [6, 6.07) is 21.7. The maximum Gasteiger partial charge on any atom is 0.253 e. The number of halogens is 3. The average Bonchev–Trinajstić information content (AvgIpc) is 2.89. The molecule has 1 aliphatic heterocycles. The smallest absolute Gasteiger partial charge is 0.253 e. The molecular formula is C29H29Cl3N2O. The molecule has 35 heavy (non-hydrogen) atoms. The van der Waals surface area contributed by atoms with Gasteiger partial charge in [-0.25, -0.2) is 0 Å². The summed E-state index contributed by atoms with van der Waals surface area (Å²) in [4.78, 5) is 17.7. The predicted molar refractivity (Wildman–Crippen MR) is 146 cm³/mol. The highest BCUT2D eigenvalue weighted by Gasteiger charge is 2.32. The first kappa shape index (κ1) is 24.5. The lowest BCUT2D eigenvalue weighted by Gasteiger charge is -2.43. The lowest BCUT2D eigenvalue weighted by Crippen LogP contribution is -2.50. The van der Waals surface area contributed by atoms with Crippen molar-refractivity contribution in [1.82, 2.24) is 4.90 Å². The number of benzene rings is 3. The van der Waals surface area contributed by atoms with Gasteiger partial charge < -0.3 is 9.80 Å². The van der Waals surface area contributed by atoms with E-state index >= 15 is 0 Å². The number of carbonyl (C=O) groups excluding carboxylic acids is 1. The van der Waals surface area contributed by atoms with Gasteiger partial charge in [-0.1, -0.05) is 78.3 Å². The fourth-order valence-electron chi connectivity index (χ4n) is 5.46. The van der Waals surface area contributed by atoms with Crippen molar-refractivity contribution in [2.45, 2.75) is 44.1 Å². The van der Waals surface area contributed by atoms with Crippen molar-refractivity contribution in [2.75, 3.05) is 24.5 Å². The molecule has 1 saturated carbocycles. The normalized spacial score (nSPS) is 19.1. The number of amides is 1. The fraction of sp³-hybridized carbons (Fsp3) is 0.345. The third-order valence-corrected chi connectivity index (χ3v) is 8.17. The topological polar surface area (TPSA) is 23.6 Å². The van der Waals surface area contributed by atoms with Crippen LogP contribution in [0.15, 0.2) is 66.7 Å². The summed E-state index contributed by atoms with van der Waals surface area (Å²) in [5, 5.41) is 1.90. The van der Waals surface area contributed by atoms with E-state index in [1.54, 1.807) is 6.07 Å². The molecular weight excluding hydrogens is 499 g/mol. The van der Waals surface area contributed by atoms with E-state index in [9.17, 15) is 4.79 Å². The molecule has 0 radical (unpaired) electrons. The van der Waals surface area contributed by atoms with Crippen LogP contribution in [-0.4, -0.2) is 30.4 Å². The van der Waals surface area contributed by atoms with E-state index in [-0.39, 0.29) is 11.9 Å². The van der Waals surface area contributed by atoms with Gasteiger partial charge in [0, 0.05) is 35.2 Å². The van der Waals surface area contributed by atoms with Gasteiger partial charge in [-0.3, -0.25) is 4.79 Å². The molecule has 0 bridgehead atoms. The molecule has 0 aromatic heterocycles. The maximum atomic E-state index is 13.5. The van der Waals surface area contributed by atoms with Gasteiger partial charge in [0.05, 0.1) is 16.8 Å². The largest absolute Gasteiger partial charge is 0.360 e. The van der Waals surface area contributed by atoms with Gasteiger partial charge in [-0.15, -0.1) is 0 Å². The summed E-state index contributed by atoms with van der Waals surface area (Å²) in [5.41, 5.74) is 4.12. The Kier molecular flexibility index (Phi) is 7.57. The zero-order valence-electron chi connectivity index (χ0n) is 19.6. The average molecular weight is 528 g/mol. The highest BCUT2D eigenvalue weighted by atomic mass is 35.5. The van der Waals surface area contributed by atoms with Crippen LogP contribution in [0.5, 0.6) is 0 Å². The fourth-order valence-corrected chi connectivity index (χ4v) is 6.10.